The van der Waals surface area contributed by atoms with Crippen molar-refractivity contribution in [3.8, 4) is 5.75 Å². The lowest BCUT2D eigenvalue weighted by atomic mass is 9.85. The molecular formula is C17H25NO3. The van der Waals surface area contributed by atoms with Gasteiger partial charge in [-0.2, -0.15) is 0 Å². The highest BCUT2D eigenvalue weighted by molar-refractivity contribution is 5.72. The average Bonchev–Trinajstić information content (AvgIpc) is 2.53. The Morgan fingerprint density at radius 1 is 1.38 bits per heavy atom. The van der Waals surface area contributed by atoms with Gasteiger partial charge >= 0.3 is 5.97 Å². The second-order valence-corrected chi connectivity index (χ2v) is 5.54. The van der Waals surface area contributed by atoms with Gasteiger partial charge in [-0.05, 0) is 43.9 Å². The van der Waals surface area contributed by atoms with Gasteiger partial charge in [0.25, 0.3) is 0 Å². The molecule has 2 rings (SSSR count). The number of nitrogens with one attached hydrogen (secondary N) is 1. The Hall–Kier alpha value is -1.55. The number of methoxy groups -OCH3 is 1. The number of hydrogen-bond acceptors (Lipinski definition) is 4. The molecule has 0 radical (unpaired) electrons. The van der Waals surface area contributed by atoms with Gasteiger partial charge in [-0.3, -0.25) is 4.79 Å². The van der Waals surface area contributed by atoms with Gasteiger partial charge in [-0.15, -0.1) is 0 Å². The summed E-state index contributed by atoms with van der Waals surface area (Å²) in [6, 6.07) is 8.46. The summed E-state index contributed by atoms with van der Waals surface area (Å²) < 4.78 is 10.4. The zero-order chi connectivity index (χ0) is 15.1. The van der Waals surface area contributed by atoms with E-state index < -0.39 is 0 Å². The van der Waals surface area contributed by atoms with Crippen LogP contribution >= 0.6 is 0 Å². The minimum Gasteiger partial charge on any atom is -0.497 e. The number of benzene rings is 1. The van der Waals surface area contributed by atoms with Gasteiger partial charge in [-0.1, -0.05) is 18.6 Å². The lowest BCUT2D eigenvalue weighted by Crippen LogP contribution is -2.36. The molecule has 1 fully saturated rings. The van der Waals surface area contributed by atoms with Gasteiger partial charge in [-0.25, -0.2) is 0 Å². The molecule has 0 aliphatic heterocycles. The molecule has 1 aromatic carbocycles. The van der Waals surface area contributed by atoms with Gasteiger partial charge in [0.1, 0.15) is 5.75 Å². The van der Waals surface area contributed by atoms with E-state index in [9.17, 15) is 4.79 Å². The van der Waals surface area contributed by atoms with Crippen molar-refractivity contribution >= 4 is 5.97 Å². The lowest BCUT2D eigenvalue weighted by Gasteiger charge is -2.28. The highest BCUT2D eigenvalue weighted by atomic mass is 16.5. The van der Waals surface area contributed by atoms with Crippen molar-refractivity contribution in [2.45, 2.75) is 45.2 Å². The van der Waals surface area contributed by atoms with E-state index in [1.54, 1.807) is 7.11 Å². The molecule has 0 heterocycles. The number of carbonyl (C=O) groups is 1. The molecular weight excluding hydrogens is 266 g/mol. The van der Waals surface area contributed by atoms with E-state index in [4.69, 9.17) is 9.47 Å². The van der Waals surface area contributed by atoms with Crippen LogP contribution in [-0.4, -0.2) is 25.7 Å². The molecule has 0 spiro atoms. The normalized spacial score (nSPS) is 21.8. The summed E-state index contributed by atoms with van der Waals surface area (Å²) in [5, 5.41) is 3.55. The van der Waals surface area contributed by atoms with Crippen LogP contribution in [0.2, 0.25) is 0 Å². The van der Waals surface area contributed by atoms with Crippen LogP contribution in [-0.2, 0) is 16.1 Å². The van der Waals surface area contributed by atoms with E-state index in [0.717, 1.165) is 38.0 Å². The quantitative estimate of drug-likeness (QED) is 0.819. The Bertz CT molecular complexity index is 461. The SMILES string of the molecule is CCOC(=O)C1CCCC(NCc2cccc(OC)c2)C1. The molecule has 1 aliphatic rings. The molecule has 1 aliphatic carbocycles. The minimum atomic E-state index is -0.0367. The molecule has 0 saturated heterocycles. The third-order valence-electron chi connectivity index (χ3n) is 4.02. The zero-order valence-electron chi connectivity index (χ0n) is 12.9. The highest BCUT2D eigenvalue weighted by Crippen LogP contribution is 2.25. The van der Waals surface area contributed by atoms with Crippen LogP contribution < -0.4 is 10.1 Å². The van der Waals surface area contributed by atoms with Gasteiger partial charge in [0.05, 0.1) is 19.6 Å². The van der Waals surface area contributed by atoms with E-state index in [1.165, 1.54) is 5.56 Å². The zero-order valence-corrected chi connectivity index (χ0v) is 12.9. The second-order valence-electron chi connectivity index (χ2n) is 5.54. The van der Waals surface area contributed by atoms with E-state index in [1.807, 2.05) is 25.1 Å². The molecule has 0 aromatic heterocycles. The molecule has 1 saturated carbocycles. The van der Waals surface area contributed by atoms with Crippen molar-refractivity contribution in [1.29, 1.82) is 0 Å². The Morgan fingerprint density at radius 3 is 3.00 bits per heavy atom. The van der Waals surface area contributed by atoms with Crippen molar-refractivity contribution in [1.82, 2.24) is 5.32 Å². The number of hydrogen-bond donors (Lipinski definition) is 1. The summed E-state index contributed by atoms with van der Waals surface area (Å²) in [7, 11) is 1.68. The first-order valence-electron chi connectivity index (χ1n) is 7.76. The first-order valence-corrected chi connectivity index (χ1v) is 7.76. The summed E-state index contributed by atoms with van der Waals surface area (Å²) in [5.74, 6) is 0.897. The molecule has 2 unspecified atom stereocenters. The van der Waals surface area contributed by atoms with Crippen molar-refractivity contribution in [3.05, 3.63) is 29.8 Å². The molecule has 1 N–H and O–H groups in total. The molecule has 2 atom stereocenters. The van der Waals surface area contributed by atoms with Crippen LogP contribution in [0.3, 0.4) is 0 Å². The Kier molecular flexibility index (Phi) is 6.05. The topological polar surface area (TPSA) is 47.6 Å². The van der Waals surface area contributed by atoms with Crippen molar-refractivity contribution < 1.29 is 14.3 Å². The van der Waals surface area contributed by atoms with Crippen LogP contribution in [0.5, 0.6) is 5.75 Å². The van der Waals surface area contributed by atoms with E-state index >= 15 is 0 Å². The predicted octanol–water partition coefficient (Wildman–Crippen LogP) is 2.91. The monoisotopic (exact) mass is 291 g/mol. The van der Waals surface area contributed by atoms with Crippen LogP contribution in [0.4, 0.5) is 0 Å². The van der Waals surface area contributed by atoms with Gasteiger partial charge < -0.3 is 14.8 Å². The summed E-state index contributed by atoms with van der Waals surface area (Å²) in [4.78, 5) is 11.8. The molecule has 0 bridgehead atoms. The summed E-state index contributed by atoms with van der Waals surface area (Å²) in [6.07, 6.45) is 4.04. The molecule has 21 heavy (non-hydrogen) atoms. The fraction of sp³-hybridized carbons (Fsp3) is 0.588. The maximum Gasteiger partial charge on any atom is 0.308 e. The highest BCUT2D eigenvalue weighted by Gasteiger charge is 2.27. The fourth-order valence-electron chi connectivity index (χ4n) is 2.89. The first kappa shape index (κ1) is 15.8. The molecule has 4 nitrogen and oxygen atoms in total. The molecule has 116 valence electrons. The number of esters is 1. The lowest BCUT2D eigenvalue weighted by molar-refractivity contribution is -0.149. The van der Waals surface area contributed by atoms with Gasteiger partial charge in [0, 0.05) is 12.6 Å². The van der Waals surface area contributed by atoms with Crippen molar-refractivity contribution in [2.75, 3.05) is 13.7 Å². The average molecular weight is 291 g/mol. The fourth-order valence-corrected chi connectivity index (χ4v) is 2.89. The van der Waals surface area contributed by atoms with E-state index in [2.05, 4.69) is 11.4 Å². The third-order valence-corrected chi connectivity index (χ3v) is 4.02. The van der Waals surface area contributed by atoms with Gasteiger partial charge in [0.2, 0.25) is 0 Å². The minimum absolute atomic E-state index is 0.0367. The van der Waals surface area contributed by atoms with Crippen molar-refractivity contribution in [2.24, 2.45) is 5.92 Å². The van der Waals surface area contributed by atoms with Crippen LogP contribution in [0.15, 0.2) is 24.3 Å². The predicted molar refractivity (Wildman–Crippen MR) is 82.2 cm³/mol. The largest absolute Gasteiger partial charge is 0.497 e. The maximum atomic E-state index is 11.8. The van der Waals surface area contributed by atoms with Crippen LogP contribution in [0, 0.1) is 5.92 Å². The third kappa shape index (κ3) is 4.74. The molecule has 1 aromatic rings. The summed E-state index contributed by atoms with van der Waals surface area (Å²) >= 11 is 0. The first-order chi connectivity index (χ1) is 10.2. The van der Waals surface area contributed by atoms with Crippen LogP contribution in [0.1, 0.15) is 38.2 Å². The summed E-state index contributed by atoms with van der Waals surface area (Å²) in [5.41, 5.74) is 1.20. The van der Waals surface area contributed by atoms with Gasteiger partial charge in [0.15, 0.2) is 0 Å². The Morgan fingerprint density at radius 2 is 2.24 bits per heavy atom. The molecule has 4 heteroatoms. The molecule has 0 amide bonds. The van der Waals surface area contributed by atoms with Crippen molar-refractivity contribution in [3.63, 3.8) is 0 Å². The van der Waals surface area contributed by atoms with E-state index in [-0.39, 0.29) is 11.9 Å². The summed E-state index contributed by atoms with van der Waals surface area (Å²) in [6.45, 7) is 3.13. The Labute approximate surface area is 126 Å². The van der Waals surface area contributed by atoms with Crippen LogP contribution in [0.25, 0.3) is 0 Å². The number of carbonyl (C=O) groups excluding carboxylic acids is 1. The number of ether oxygens (including phenoxy) is 2. The smallest absolute Gasteiger partial charge is 0.308 e. The maximum absolute atomic E-state index is 11.8. The Balaban J connectivity index is 1.83. The second kappa shape index (κ2) is 8.03. The number of rotatable bonds is 6. The standard InChI is InChI=1S/C17H25NO3/c1-3-21-17(19)14-7-5-8-15(11-14)18-12-13-6-4-9-16(10-13)20-2/h4,6,9-10,14-15,18H,3,5,7-8,11-12H2,1-2H3. The van der Waals surface area contributed by atoms with E-state index in [0.29, 0.717) is 12.6 Å².